The SMILES string of the molecule is CC(C)(C)c1ccc(OCC(=O)Nc2cccc(C(F)(F)F)c2)cc1. The van der Waals surface area contributed by atoms with Crippen molar-refractivity contribution in [3.63, 3.8) is 0 Å². The Bertz CT molecular complexity index is 732. The zero-order valence-corrected chi connectivity index (χ0v) is 14.3. The molecule has 0 aliphatic heterocycles. The Kier molecular flexibility index (Phi) is 5.40. The summed E-state index contributed by atoms with van der Waals surface area (Å²) in [5.74, 6) is -0.00795. The minimum atomic E-state index is -4.45. The maximum absolute atomic E-state index is 12.7. The van der Waals surface area contributed by atoms with Crippen molar-refractivity contribution in [3.8, 4) is 5.75 Å². The first-order valence-corrected chi connectivity index (χ1v) is 7.76. The van der Waals surface area contributed by atoms with Crippen LogP contribution < -0.4 is 10.1 Å². The van der Waals surface area contributed by atoms with Crippen molar-refractivity contribution in [3.05, 3.63) is 59.7 Å². The van der Waals surface area contributed by atoms with Gasteiger partial charge in [-0.25, -0.2) is 0 Å². The van der Waals surface area contributed by atoms with Crippen LogP contribution in [0.15, 0.2) is 48.5 Å². The minimum Gasteiger partial charge on any atom is -0.484 e. The van der Waals surface area contributed by atoms with Crippen molar-refractivity contribution in [2.75, 3.05) is 11.9 Å². The molecular weight excluding hydrogens is 331 g/mol. The molecule has 1 N–H and O–H groups in total. The maximum atomic E-state index is 12.7. The maximum Gasteiger partial charge on any atom is 0.416 e. The molecule has 0 spiro atoms. The van der Waals surface area contributed by atoms with E-state index in [1.54, 1.807) is 12.1 Å². The quantitative estimate of drug-likeness (QED) is 0.840. The fourth-order valence-electron chi connectivity index (χ4n) is 2.17. The highest BCUT2D eigenvalue weighted by Crippen LogP contribution is 2.30. The Balaban J connectivity index is 1.93. The van der Waals surface area contributed by atoms with Crippen molar-refractivity contribution in [2.24, 2.45) is 0 Å². The Morgan fingerprint density at radius 3 is 2.20 bits per heavy atom. The van der Waals surface area contributed by atoms with Crippen LogP contribution in [0.4, 0.5) is 18.9 Å². The molecule has 0 heterocycles. The van der Waals surface area contributed by atoms with Crippen LogP contribution in [0.25, 0.3) is 0 Å². The summed E-state index contributed by atoms with van der Waals surface area (Å²) in [4.78, 5) is 11.9. The lowest BCUT2D eigenvalue weighted by atomic mass is 9.87. The van der Waals surface area contributed by atoms with E-state index in [0.717, 1.165) is 17.7 Å². The number of carbonyl (C=O) groups excluding carboxylic acids is 1. The van der Waals surface area contributed by atoms with Gasteiger partial charge in [0.05, 0.1) is 5.56 Å². The van der Waals surface area contributed by atoms with Gasteiger partial charge in [0.15, 0.2) is 6.61 Å². The normalized spacial score (nSPS) is 11.9. The number of amides is 1. The molecule has 0 atom stereocenters. The predicted molar refractivity (Wildman–Crippen MR) is 90.7 cm³/mol. The van der Waals surface area contributed by atoms with E-state index >= 15 is 0 Å². The van der Waals surface area contributed by atoms with Crippen LogP contribution in [-0.4, -0.2) is 12.5 Å². The number of nitrogens with one attached hydrogen (secondary N) is 1. The summed E-state index contributed by atoms with van der Waals surface area (Å²) in [5, 5.41) is 2.40. The molecular formula is C19H20F3NO2. The zero-order chi connectivity index (χ0) is 18.7. The molecule has 0 saturated heterocycles. The van der Waals surface area contributed by atoms with Gasteiger partial charge < -0.3 is 10.1 Å². The average molecular weight is 351 g/mol. The molecule has 1 amide bonds. The summed E-state index contributed by atoms with van der Waals surface area (Å²) >= 11 is 0. The molecule has 25 heavy (non-hydrogen) atoms. The Hall–Kier alpha value is -2.50. The van der Waals surface area contributed by atoms with Crippen molar-refractivity contribution in [1.29, 1.82) is 0 Å². The molecule has 0 aromatic heterocycles. The van der Waals surface area contributed by atoms with E-state index in [-0.39, 0.29) is 17.7 Å². The largest absolute Gasteiger partial charge is 0.484 e. The number of carbonyl (C=O) groups is 1. The lowest BCUT2D eigenvalue weighted by Gasteiger charge is -2.19. The summed E-state index contributed by atoms with van der Waals surface area (Å²) < 4.78 is 43.3. The molecule has 0 unspecified atom stereocenters. The molecule has 3 nitrogen and oxygen atoms in total. The Labute approximate surface area is 144 Å². The van der Waals surface area contributed by atoms with Gasteiger partial charge in [0.25, 0.3) is 5.91 Å². The third-order valence-electron chi connectivity index (χ3n) is 3.56. The molecule has 0 aliphatic carbocycles. The van der Waals surface area contributed by atoms with Gasteiger partial charge in [0.2, 0.25) is 0 Å². The van der Waals surface area contributed by atoms with E-state index in [0.29, 0.717) is 5.75 Å². The number of hydrogen-bond acceptors (Lipinski definition) is 2. The zero-order valence-electron chi connectivity index (χ0n) is 14.3. The average Bonchev–Trinajstić information content (AvgIpc) is 2.52. The summed E-state index contributed by atoms with van der Waals surface area (Å²) in [7, 11) is 0. The van der Waals surface area contributed by atoms with Gasteiger partial charge in [0.1, 0.15) is 5.75 Å². The first kappa shape index (κ1) is 18.8. The van der Waals surface area contributed by atoms with Crippen LogP contribution in [0.1, 0.15) is 31.9 Å². The van der Waals surface area contributed by atoms with Crippen molar-refractivity contribution >= 4 is 11.6 Å². The van der Waals surface area contributed by atoms with Gasteiger partial charge in [-0.3, -0.25) is 4.79 Å². The number of rotatable bonds is 4. The van der Waals surface area contributed by atoms with Gasteiger partial charge in [0, 0.05) is 5.69 Å². The topological polar surface area (TPSA) is 38.3 Å². The summed E-state index contributed by atoms with van der Waals surface area (Å²) in [6, 6.07) is 11.8. The van der Waals surface area contributed by atoms with E-state index in [1.165, 1.54) is 12.1 Å². The van der Waals surface area contributed by atoms with Crippen molar-refractivity contribution in [2.45, 2.75) is 32.4 Å². The van der Waals surface area contributed by atoms with E-state index in [4.69, 9.17) is 4.74 Å². The first-order chi connectivity index (χ1) is 11.6. The number of anilines is 1. The third kappa shape index (κ3) is 5.52. The van der Waals surface area contributed by atoms with Gasteiger partial charge in [-0.1, -0.05) is 39.0 Å². The molecule has 134 valence electrons. The standard InChI is InChI=1S/C19H20F3NO2/c1-18(2,3)13-7-9-16(10-8-13)25-12-17(24)23-15-6-4-5-14(11-15)19(20,21)22/h4-11H,12H2,1-3H3,(H,23,24). The van der Waals surface area contributed by atoms with Crippen molar-refractivity contribution in [1.82, 2.24) is 0 Å². The van der Waals surface area contributed by atoms with Crippen LogP contribution in [0.2, 0.25) is 0 Å². The molecule has 0 saturated carbocycles. The Morgan fingerprint density at radius 2 is 1.64 bits per heavy atom. The highest BCUT2D eigenvalue weighted by atomic mass is 19.4. The molecule has 2 aromatic carbocycles. The fraction of sp³-hybridized carbons (Fsp3) is 0.316. The molecule has 0 fully saturated rings. The molecule has 0 radical (unpaired) electrons. The summed E-state index contributed by atoms with van der Waals surface area (Å²) in [6.45, 7) is 5.98. The lowest BCUT2D eigenvalue weighted by Crippen LogP contribution is -2.20. The highest BCUT2D eigenvalue weighted by molar-refractivity contribution is 5.91. The lowest BCUT2D eigenvalue weighted by molar-refractivity contribution is -0.137. The smallest absolute Gasteiger partial charge is 0.416 e. The second-order valence-electron chi connectivity index (χ2n) is 6.69. The van der Waals surface area contributed by atoms with Gasteiger partial charge in [-0.15, -0.1) is 0 Å². The Morgan fingerprint density at radius 1 is 1.00 bits per heavy atom. The number of ether oxygens (including phenoxy) is 1. The van der Waals surface area contributed by atoms with Gasteiger partial charge in [-0.05, 0) is 41.3 Å². The molecule has 0 aliphatic rings. The first-order valence-electron chi connectivity index (χ1n) is 7.76. The van der Waals surface area contributed by atoms with E-state index in [2.05, 4.69) is 26.1 Å². The van der Waals surface area contributed by atoms with E-state index in [1.807, 2.05) is 12.1 Å². The van der Waals surface area contributed by atoms with Crippen LogP contribution in [0, 0.1) is 0 Å². The monoisotopic (exact) mass is 351 g/mol. The van der Waals surface area contributed by atoms with Crippen molar-refractivity contribution < 1.29 is 22.7 Å². The van der Waals surface area contributed by atoms with Crippen LogP contribution >= 0.6 is 0 Å². The number of alkyl halides is 3. The molecule has 2 rings (SSSR count). The minimum absolute atomic E-state index is 0.0133. The number of benzene rings is 2. The van der Waals surface area contributed by atoms with Gasteiger partial charge in [-0.2, -0.15) is 13.2 Å². The molecule has 0 bridgehead atoms. The highest BCUT2D eigenvalue weighted by Gasteiger charge is 2.30. The second-order valence-corrected chi connectivity index (χ2v) is 6.69. The van der Waals surface area contributed by atoms with E-state index in [9.17, 15) is 18.0 Å². The second kappa shape index (κ2) is 7.17. The number of halogens is 3. The summed E-state index contributed by atoms with van der Waals surface area (Å²) in [5.41, 5.74) is 0.406. The van der Waals surface area contributed by atoms with Crippen LogP contribution in [0.3, 0.4) is 0 Å². The van der Waals surface area contributed by atoms with E-state index < -0.39 is 17.6 Å². The van der Waals surface area contributed by atoms with Gasteiger partial charge >= 0.3 is 6.18 Å². The van der Waals surface area contributed by atoms with Crippen LogP contribution in [-0.2, 0) is 16.4 Å². The fourth-order valence-corrected chi connectivity index (χ4v) is 2.17. The van der Waals surface area contributed by atoms with Crippen LogP contribution in [0.5, 0.6) is 5.75 Å². The summed E-state index contributed by atoms with van der Waals surface area (Å²) in [6.07, 6.45) is -4.45. The predicted octanol–water partition coefficient (Wildman–Crippen LogP) is 5.02. The molecule has 2 aromatic rings. The third-order valence-corrected chi connectivity index (χ3v) is 3.56. The molecule has 6 heteroatoms. The number of hydrogen-bond donors (Lipinski definition) is 1.